The number of aromatic nitrogens is 1. The van der Waals surface area contributed by atoms with Crippen LogP contribution in [0.3, 0.4) is 0 Å². The van der Waals surface area contributed by atoms with E-state index in [1.807, 2.05) is 0 Å². The van der Waals surface area contributed by atoms with E-state index >= 15 is 0 Å². The van der Waals surface area contributed by atoms with Crippen LogP contribution >= 0.6 is 11.3 Å². The van der Waals surface area contributed by atoms with Gasteiger partial charge in [0.25, 0.3) is 0 Å². The predicted octanol–water partition coefficient (Wildman–Crippen LogP) is 1.57. The number of nitrogens with one attached hydrogen (secondary N) is 2. The summed E-state index contributed by atoms with van der Waals surface area (Å²) in [6, 6.07) is 3.74. The fraction of sp³-hybridized carbons (Fsp3) is 0.357. The molecule has 134 valence electrons. The second-order valence-electron chi connectivity index (χ2n) is 5.24. The maximum atomic E-state index is 12.2. The molecule has 1 aromatic heterocycles. The minimum Gasteiger partial charge on any atom is -0.406 e. The highest BCUT2D eigenvalue weighted by molar-refractivity contribution is 7.22. The van der Waals surface area contributed by atoms with Gasteiger partial charge in [0, 0.05) is 19.2 Å². The minimum absolute atomic E-state index is 0.0983. The lowest BCUT2D eigenvalue weighted by Gasteiger charge is -2.26. The number of halogens is 3. The molecule has 0 radical (unpaired) electrons. The normalized spacial score (nSPS) is 15.5. The molecule has 25 heavy (non-hydrogen) atoms. The fourth-order valence-electron chi connectivity index (χ4n) is 2.30. The highest BCUT2D eigenvalue weighted by atomic mass is 32.1. The van der Waals surface area contributed by atoms with Gasteiger partial charge in [0.2, 0.25) is 11.8 Å². The van der Waals surface area contributed by atoms with Gasteiger partial charge >= 0.3 is 6.36 Å². The van der Waals surface area contributed by atoms with Gasteiger partial charge in [0.1, 0.15) is 12.3 Å². The maximum Gasteiger partial charge on any atom is 0.573 e. The summed E-state index contributed by atoms with van der Waals surface area (Å²) in [6.45, 7) is 1.14. The molecule has 1 aliphatic heterocycles. The van der Waals surface area contributed by atoms with Crippen LogP contribution in [-0.4, -0.2) is 54.2 Å². The van der Waals surface area contributed by atoms with Crippen LogP contribution in [0.15, 0.2) is 18.2 Å². The third kappa shape index (κ3) is 4.57. The van der Waals surface area contributed by atoms with Gasteiger partial charge in [0.05, 0.1) is 16.8 Å². The first kappa shape index (κ1) is 17.4. The summed E-state index contributed by atoms with van der Waals surface area (Å²) >= 11 is 1.02. The topological polar surface area (TPSA) is 83.6 Å². The molecule has 1 fully saturated rings. The standard InChI is InChI=1S/C14H13F3N4O3S/c15-14(16,17)24-8-1-2-9-10(5-8)25-13(19-9)20-11(22)7-21-4-3-18-6-12(21)23/h1-2,5,18H,3-4,6-7H2,(H,19,20,22). The number of ether oxygens (including phenoxy) is 1. The number of piperazine rings is 1. The first-order valence-electron chi connectivity index (χ1n) is 7.25. The lowest BCUT2D eigenvalue weighted by Crippen LogP contribution is -2.50. The number of amides is 2. The summed E-state index contributed by atoms with van der Waals surface area (Å²) in [7, 11) is 0. The summed E-state index contributed by atoms with van der Waals surface area (Å²) < 4.78 is 41.0. The summed E-state index contributed by atoms with van der Waals surface area (Å²) in [6.07, 6.45) is -4.77. The monoisotopic (exact) mass is 374 g/mol. The number of hydrogen-bond donors (Lipinski definition) is 2. The van der Waals surface area contributed by atoms with Crippen LogP contribution < -0.4 is 15.4 Å². The van der Waals surface area contributed by atoms with Crippen molar-refractivity contribution in [1.82, 2.24) is 15.2 Å². The van der Waals surface area contributed by atoms with E-state index in [2.05, 4.69) is 20.4 Å². The molecule has 1 saturated heterocycles. The number of hydrogen-bond acceptors (Lipinski definition) is 6. The average molecular weight is 374 g/mol. The van der Waals surface area contributed by atoms with Crippen molar-refractivity contribution in [1.29, 1.82) is 0 Å². The predicted molar refractivity (Wildman–Crippen MR) is 84.4 cm³/mol. The molecular weight excluding hydrogens is 361 g/mol. The number of benzene rings is 1. The van der Waals surface area contributed by atoms with Crippen molar-refractivity contribution in [3.63, 3.8) is 0 Å². The zero-order chi connectivity index (χ0) is 18.0. The van der Waals surface area contributed by atoms with E-state index in [1.54, 1.807) is 0 Å². The zero-order valence-electron chi connectivity index (χ0n) is 12.7. The maximum absolute atomic E-state index is 12.2. The summed E-state index contributed by atoms with van der Waals surface area (Å²) in [5.41, 5.74) is 0.438. The smallest absolute Gasteiger partial charge is 0.406 e. The van der Waals surface area contributed by atoms with E-state index in [4.69, 9.17) is 0 Å². The number of alkyl halides is 3. The quantitative estimate of drug-likeness (QED) is 0.849. The molecule has 2 aromatic rings. The van der Waals surface area contributed by atoms with Crippen LogP contribution in [0.2, 0.25) is 0 Å². The Kier molecular flexibility index (Phi) is 4.77. The van der Waals surface area contributed by atoms with Crippen LogP contribution in [0.4, 0.5) is 18.3 Å². The van der Waals surface area contributed by atoms with Gasteiger partial charge < -0.3 is 20.3 Å². The number of thiazole rings is 1. The fourth-order valence-corrected chi connectivity index (χ4v) is 3.21. The van der Waals surface area contributed by atoms with Crippen LogP contribution in [0.25, 0.3) is 10.2 Å². The van der Waals surface area contributed by atoms with Crippen LogP contribution in [0.5, 0.6) is 5.75 Å². The van der Waals surface area contributed by atoms with Crippen molar-refractivity contribution in [2.45, 2.75) is 6.36 Å². The Balaban J connectivity index is 1.67. The molecule has 1 aliphatic rings. The third-order valence-corrected chi connectivity index (χ3v) is 4.30. The van der Waals surface area contributed by atoms with E-state index in [0.717, 1.165) is 17.4 Å². The van der Waals surface area contributed by atoms with E-state index in [9.17, 15) is 22.8 Å². The zero-order valence-corrected chi connectivity index (χ0v) is 13.5. The number of carbonyl (C=O) groups excluding carboxylic acids is 2. The molecule has 0 unspecified atom stereocenters. The Morgan fingerprint density at radius 2 is 2.24 bits per heavy atom. The molecule has 2 heterocycles. The molecule has 0 bridgehead atoms. The van der Waals surface area contributed by atoms with E-state index in [-0.39, 0.29) is 29.9 Å². The van der Waals surface area contributed by atoms with Gasteiger partial charge in [-0.3, -0.25) is 9.59 Å². The molecule has 0 spiro atoms. The molecule has 0 atom stereocenters. The van der Waals surface area contributed by atoms with Gasteiger partial charge in [-0.15, -0.1) is 13.2 Å². The van der Waals surface area contributed by atoms with E-state index in [0.29, 0.717) is 23.3 Å². The largest absolute Gasteiger partial charge is 0.573 e. The number of fused-ring (bicyclic) bond motifs is 1. The number of rotatable bonds is 4. The molecule has 7 nitrogen and oxygen atoms in total. The summed E-state index contributed by atoms with van der Waals surface area (Å²) in [4.78, 5) is 29.2. The Labute approximate surface area is 143 Å². The van der Waals surface area contributed by atoms with Crippen molar-refractivity contribution in [2.75, 3.05) is 31.5 Å². The molecule has 11 heteroatoms. The van der Waals surface area contributed by atoms with E-state index in [1.165, 1.54) is 17.0 Å². The van der Waals surface area contributed by atoms with Crippen LogP contribution in [-0.2, 0) is 9.59 Å². The van der Waals surface area contributed by atoms with Gasteiger partial charge in [-0.05, 0) is 12.1 Å². The Morgan fingerprint density at radius 3 is 2.96 bits per heavy atom. The Morgan fingerprint density at radius 1 is 1.44 bits per heavy atom. The number of nitrogens with zero attached hydrogens (tertiary/aromatic N) is 2. The lowest BCUT2D eigenvalue weighted by atomic mass is 10.3. The van der Waals surface area contributed by atoms with Crippen molar-refractivity contribution in [3.05, 3.63) is 18.2 Å². The molecule has 2 amide bonds. The first-order valence-corrected chi connectivity index (χ1v) is 8.06. The van der Waals surface area contributed by atoms with Crippen molar-refractivity contribution in [2.24, 2.45) is 0 Å². The van der Waals surface area contributed by atoms with Crippen molar-refractivity contribution < 1.29 is 27.5 Å². The van der Waals surface area contributed by atoms with E-state index < -0.39 is 12.3 Å². The Hall–Kier alpha value is -2.40. The molecule has 0 aliphatic carbocycles. The van der Waals surface area contributed by atoms with Crippen LogP contribution in [0.1, 0.15) is 0 Å². The summed E-state index contributed by atoms with van der Waals surface area (Å²) in [5.74, 6) is -0.936. The average Bonchev–Trinajstić information content (AvgIpc) is 2.89. The molecule has 1 aromatic carbocycles. The minimum atomic E-state index is -4.77. The number of carbonyl (C=O) groups is 2. The van der Waals surface area contributed by atoms with Crippen molar-refractivity contribution in [3.8, 4) is 5.75 Å². The second kappa shape index (κ2) is 6.84. The van der Waals surface area contributed by atoms with Gasteiger partial charge in [-0.2, -0.15) is 0 Å². The van der Waals surface area contributed by atoms with Gasteiger partial charge in [-0.1, -0.05) is 11.3 Å². The molecule has 0 saturated carbocycles. The lowest BCUT2D eigenvalue weighted by molar-refractivity contribution is -0.274. The molecule has 3 rings (SSSR count). The van der Waals surface area contributed by atoms with Gasteiger partial charge in [0.15, 0.2) is 5.13 Å². The van der Waals surface area contributed by atoms with Crippen molar-refractivity contribution >= 4 is 38.5 Å². The highest BCUT2D eigenvalue weighted by Gasteiger charge is 2.31. The van der Waals surface area contributed by atoms with Gasteiger partial charge in [-0.25, -0.2) is 4.98 Å². The second-order valence-corrected chi connectivity index (χ2v) is 6.27. The SMILES string of the molecule is O=C(CN1CCNCC1=O)Nc1nc2ccc(OC(F)(F)F)cc2s1. The van der Waals surface area contributed by atoms with Crippen LogP contribution in [0, 0.1) is 0 Å². The molecular formula is C14H13F3N4O3S. The molecule has 2 N–H and O–H groups in total. The Bertz CT molecular complexity index is 808. The number of anilines is 1. The summed E-state index contributed by atoms with van der Waals surface area (Å²) in [5, 5.41) is 5.70. The highest BCUT2D eigenvalue weighted by Crippen LogP contribution is 2.31. The third-order valence-electron chi connectivity index (χ3n) is 3.36. The first-order chi connectivity index (χ1) is 11.8.